The van der Waals surface area contributed by atoms with E-state index in [4.69, 9.17) is 5.11 Å². The van der Waals surface area contributed by atoms with Crippen LogP contribution >= 0.6 is 0 Å². The van der Waals surface area contributed by atoms with Crippen LogP contribution in [0, 0.1) is 0 Å². The van der Waals surface area contributed by atoms with Gasteiger partial charge in [0.2, 0.25) is 0 Å². The van der Waals surface area contributed by atoms with Crippen LogP contribution in [0.25, 0.3) is 0 Å². The molecule has 0 saturated heterocycles. The number of nitrogens with zero attached hydrogens (tertiary/aromatic N) is 1. The number of rotatable bonds is 7. The third-order valence-electron chi connectivity index (χ3n) is 1.21. The van der Waals surface area contributed by atoms with E-state index < -0.39 is 0 Å². The fourth-order valence-electron chi connectivity index (χ4n) is 0.649. The lowest BCUT2D eigenvalue weighted by Gasteiger charge is -2.00. The Bertz CT molecular complexity index is 51.6. The van der Waals surface area contributed by atoms with Crippen molar-refractivity contribution in [3.63, 3.8) is 0 Å². The number of aliphatic hydroxyl groups excluding tert-OH is 1. The maximum absolute atomic E-state index is 8.35. The molecule has 0 aliphatic heterocycles. The van der Waals surface area contributed by atoms with Gasteiger partial charge in [0.15, 0.2) is 0 Å². The molecule has 1 radical (unpaired) electrons. The summed E-state index contributed by atoms with van der Waals surface area (Å²) in [5.74, 6) is 0. The Balaban J connectivity index is 2.65. The van der Waals surface area contributed by atoms with E-state index in [0.29, 0.717) is 6.54 Å². The molecular formula is C7H17N2O. The van der Waals surface area contributed by atoms with Crippen LogP contribution in [0.15, 0.2) is 0 Å². The molecule has 3 nitrogen and oxygen atoms in total. The van der Waals surface area contributed by atoms with Crippen LogP contribution < -0.4 is 10.9 Å². The van der Waals surface area contributed by atoms with Gasteiger partial charge in [0.1, 0.15) is 0 Å². The zero-order chi connectivity index (χ0) is 7.66. The molecule has 0 aliphatic rings. The maximum Gasteiger partial charge on any atom is 0.0570 e. The summed E-state index contributed by atoms with van der Waals surface area (Å²) in [4.78, 5) is 0. The lowest BCUT2D eigenvalue weighted by Crippen LogP contribution is -2.28. The molecule has 0 saturated carbocycles. The van der Waals surface area contributed by atoms with Crippen molar-refractivity contribution in [1.82, 2.24) is 10.9 Å². The molecule has 0 aromatic heterocycles. The van der Waals surface area contributed by atoms with Gasteiger partial charge >= 0.3 is 0 Å². The first-order chi connectivity index (χ1) is 4.91. The number of unbranched alkanes of at least 4 members (excludes halogenated alkanes) is 2. The molecule has 0 spiro atoms. The summed E-state index contributed by atoms with van der Waals surface area (Å²) in [6, 6.07) is 0. The van der Waals surface area contributed by atoms with Gasteiger partial charge in [-0.05, 0) is 6.42 Å². The van der Waals surface area contributed by atoms with Crippen molar-refractivity contribution in [3.05, 3.63) is 0 Å². The summed E-state index contributed by atoms with van der Waals surface area (Å²) < 4.78 is 0. The predicted molar refractivity (Wildman–Crippen MR) is 41.6 cm³/mol. The zero-order valence-electron chi connectivity index (χ0n) is 6.64. The Morgan fingerprint density at radius 1 is 1.40 bits per heavy atom. The highest BCUT2D eigenvalue weighted by Crippen LogP contribution is 1.90. The van der Waals surface area contributed by atoms with E-state index >= 15 is 0 Å². The van der Waals surface area contributed by atoms with E-state index in [2.05, 4.69) is 17.8 Å². The molecule has 0 fully saturated rings. The van der Waals surface area contributed by atoms with Crippen LogP contribution in [-0.4, -0.2) is 24.8 Å². The van der Waals surface area contributed by atoms with Gasteiger partial charge in [0.05, 0.1) is 6.61 Å². The van der Waals surface area contributed by atoms with E-state index in [-0.39, 0.29) is 6.61 Å². The third-order valence-corrected chi connectivity index (χ3v) is 1.21. The number of nitrogens with one attached hydrogen (secondary N) is 1. The van der Waals surface area contributed by atoms with Crippen molar-refractivity contribution in [3.8, 4) is 0 Å². The van der Waals surface area contributed by atoms with Crippen LogP contribution in [0.4, 0.5) is 0 Å². The van der Waals surface area contributed by atoms with E-state index in [1.807, 2.05) is 0 Å². The summed E-state index contributed by atoms with van der Waals surface area (Å²) >= 11 is 0. The van der Waals surface area contributed by atoms with E-state index in [1.165, 1.54) is 12.8 Å². The van der Waals surface area contributed by atoms with Crippen LogP contribution in [-0.2, 0) is 0 Å². The molecule has 0 aromatic carbocycles. The second-order valence-corrected chi connectivity index (χ2v) is 2.22. The van der Waals surface area contributed by atoms with E-state index in [1.54, 1.807) is 0 Å². The molecule has 0 aliphatic carbocycles. The van der Waals surface area contributed by atoms with Crippen molar-refractivity contribution < 1.29 is 5.11 Å². The molecule has 0 heterocycles. The van der Waals surface area contributed by atoms with Crippen LogP contribution in [0.1, 0.15) is 26.2 Å². The highest BCUT2D eigenvalue weighted by Gasteiger charge is 1.86. The van der Waals surface area contributed by atoms with Crippen LogP contribution in [0.2, 0.25) is 0 Å². The van der Waals surface area contributed by atoms with Gasteiger partial charge in [0, 0.05) is 13.1 Å². The molecular weight excluding hydrogens is 128 g/mol. The number of aliphatic hydroxyl groups is 1. The molecule has 61 valence electrons. The van der Waals surface area contributed by atoms with Crippen LogP contribution in [0.5, 0.6) is 0 Å². The highest BCUT2D eigenvalue weighted by molar-refractivity contribution is 4.41. The summed E-state index contributed by atoms with van der Waals surface area (Å²) in [6.07, 6.45) is 3.62. The lowest BCUT2D eigenvalue weighted by molar-refractivity contribution is 0.281. The second-order valence-electron chi connectivity index (χ2n) is 2.22. The first-order valence-corrected chi connectivity index (χ1v) is 3.92. The fraction of sp³-hybridized carbons (Fsp3) is 1.00. The van der Waals surface area contributed by atoms with Crippen molar-refractivity contribution >= 4 is 0 Å². The monoisotopic (exact) mass is 145 g/mol. The lowest BCUT2D eigenvalue weighted by atomic mass is 10.2. The SMILES string of the molecule is CCCCC[N]NCCO. The topological polar surface area (TPSA) is 46.4 Å². The Hall–Kier alpha value is -0.120. The van der Waals surface area contributed by atoms with Gasteiger partial charge in [-0.15, -0.1) is 0 Å². The Morgan fingerprint density at radius 2 is 2.20 bits per heavy atom. The minimum atomic E-state index is 0.164. The van der Waals surface area contributed by atoms with E-state index in [9.17, 15) is 0 Å². The predicted octanol–water partition coefficient (Wildman–Crippen LogP) is 0.278. The fourth-order valence-corrected chi connectivity index (χ4v) is 0.649. The van der Waals surface area contributed by atoms with Gasteiger partial charge in [-0.3, -0.25) is 0 Å². The molecule has 0 atom stereocenters. The summed E-state index contributed by atoms with van der Waals surface area (Å²) in [7, 11) is 0. The first kappa shape index (κ1) is 9.88. The molecule has 2 N–H and O–H groups in total. The van der Waals surface area contributed by atoms with Gasteiger partial charge in [-0.1, -0.05) is 19.8 Å². The Kier molecular flexibility index (Phi) is 8.77. The molecule has 0 amide bonds. The second kappa shape index (κ2) is 8.88. The van der Waals surface area contributed by atoms with Crippen molar-refractivity contribution in [2.45, 2.75) is 26.2 Å². The number of hydrogen-bond acceptors (Lipinski definition) is 2. The quantitative estimate of drug-likeness (QED) is 0.399. The van der Waals surface area contributed by atoms with E-state index in [0.717, 1.165) is 13.0 Å². The zero-order valence-corrected chi connectivity index (χ0v) is 6.64. The van der Waals surface area contributed by atoms with Crippen molar-refractivity contribution in [2.24, 2.45) is 0 Å². The Labute approximate surface area is 62.8 Å². The third kappa shape index (κ3) is 7.88. The standard InChI is InChI=1S/C7H17N2O/c1-2-3-4-5-8-9-6-7-10/h9-10H,2-7H2,1H3. The maximum atomic E-state index is 8.35. The summed E-state index contributed by atoms with van der Waals surface area (Å²) in [5.41, 5.74) is 6.76. The minimum Gasteiger partial charge on any atom is -0.395 e. The minimum absolute atomic E-state index is 0.164. The smallest absolute Gasteiger partial charge is 0.0570 e. The molecule has 0 unspecified atom stereocenters. The van der Waals surface area contributed by atoms with Crippen molar-refractivity contribution in [2.75, 3.05) is 19.7 Å². The van der Waals surface area contributed by atoms with Gasteiger partial charge in [-0.25, -0.2) is 5.43 Å². The molecule has 0 bridgehead atoms. The van der Waals surface area contributed by atoms with Gasteiger partial charge in [-0.2, -0.15) is 5.43 Å². The molecule has 10 heavy (non-hydrogen) atoms. The molecule has 3 heteroatoms. The average Bonchev–Trinajstić information content (AvgIpc) is 1.97. The molecule has 0 rings (SSSR count). The molecule has 0 aromatic rings. The van der Waals surface area contributed by atoms with Crippen LogP contribution in [0.3, 0.4) is 0 Å². The van der Waals surface area contributed by atoms with Crippen molar-refractivity contribution in [1.29, 1.82) is 0 Å². The summed E-state index contributed by atoms with van der Waals surface area (Å²) in [6.45, 7) is 3.78. The number of hydrogen-bond donors (Lipinski definition) is 2. The van der Waals surface area contributed by atoms with Gasteiger partial charge < -0.3 is 5.11 Å². The average molecular weight is 145 g/mol. The first-order valence-electron chi connectivity index (χ1n) is 3.92. The highest BCUT2D eigenvalue weighted by atomic mass is 16.3. The van der Waals surface area contributed by atoms with Gasteiger partial charge in [0.25, 0.3) is 0 Å². The Morgan fingerprint density at radius 3 is 2.80 bits per heavy atom. The summed E-state index contributed by atoms with van der Waals surface area (Å²) in [5, 5.41) is 8.35. The normalized spacial score (nSPS) is 10.2. The largest absolute Gasteiger partial charge is 0.395 e.